The first kappa shape index (κ1) is 23.5. The molecule has 1 saturated carbocycles. The van der Waals surface area contributed by atoms with Crippen LogP contribution in [0.5, 0.6) is 0 Å². The molecule has 30 heavy (non-hydrogen) atoms. The van der Waals surface area contributed by atoms with Gasteiger partial charge >= 0.3 is 0 Å². The molecular formula is C22H34IN5OS. The smallest absolute Gasteiger partial charge is 0.239 e. The van der Waals surface area contributed by atoms with Crippen LogP contribution in [0.4, 0.5) is 5.69 Å². The van der Waals surface area contributed by atoms with Crippen molar-refractivity contribution in [3.63, 3.8) is 0 Å². The van der Waals surface area contributed by atoms with Gasteiger partial charge in [-0.2, -0.15) is 11.8 Å². The summed E-state index contributed by atoms with van der Waals surface area (Å²) < 4.78 is 0.441. The molecule has 3 aliphatic rings. The number of amides is 1. The molecule has 0 bridgehead atoms. The second kappa shape index (κ2) is 10.9. The van der Waals surface area contributed by atoms with Gasteiger partial charge in [-0.25, -0.2) is 0 Å². The van der Waals surface area contributed by atoms with Gasteiger partial charge in [0.15, 0.2) is 5.96 Å². The predicted molar refractivity (Wildman–Crippen MR) is 137 cm³/mol. The quantitative estimate of drug-likeness (QED) is 0.349. The maximum atomic E-state index is 11.6. The van der Waals surface area contributed by atoms with E-state index >= 15 is 0 Å². The number of guanidine groups is 1. The lowest BCUT2D eigenvalue weighted by Crippen LogP contribution is -2.53. The zero-order valence-electron chi connectivity index (χ0n) is 17.9. The van der Waals surface area contributed by atoms with Gasteiger partial charge in [0.2, 0.25) is 5.91 Å². The van der Waals surface area contributed by atoms with Gasteiger partial charge in [0, 0.05) is 56.0 Å². The van der Waals surface area contributed by atoms with Crippen molar-refractivity contribution in [2.24, 2.45) is 4.99 Å². The fraction of sp³-hybridized carbons (Fsp3) is 0.636. The van der Waals surface area contributed by atoms with Crippen LogP contribution in [0.2, 0.25) is 0 Å². The topological polar surface area (TPSA) is 60.0 Å². The van der Waals surface area contributed by atoms with E-state index in [1.54, 1.807) is 0 Å². The Kier molecular flexibility index (Phi) is 8.56. The van der Waals surface area contributed by atoms with Gasteiger partial charge in [-0.05, 0) is 30.5 Å². The molecular weight excluding hydrogens is 509 g/mol. The number of carbonyl (C=O) groups excluding carboxylic acids is 1. The molecule has 2 heterocycles. The van der Waals surface area contributed by atoms with E-state index in [2.05, 4.69) is 61.5 Å². The third kappa shape index (κ3) is 5.75. The highest BCUT2D eigenvalue weighted by molar-refractivity contribution is 14.0. The van der Waals surface area contributed by atoms with Gasteiger partial charge in [-0.15, -0.1) is 24.0 Å². The molecule has 1 amide bonds. The Morgan fingerprint density at radius 2 is 1.97 bits per heavy atom. The van der Waals surface area contributed by atoms with Crippen molar-refractivity contribution < 1.29 is 4.79 Å². The Labute approximate surface area is 201 Å². The van der Waals surface area contributed by atoms with E-state index in [1.807, 2.05) is 7.05 Å². The standard InChI is InChI=1S/C22H33N5OS.HI/c1-23-21(27-13-14-29-22(17-27)9-3-2-4-10-22)25-15-18-5-7-19(8-6-18)26-12-11-24-20(28)16-26;/h5-8H,2-4,9-17H2,1H3,(H,23,25)(H,24,28);1H. The molecule has 1 spiro atoms. The Bertz CT molecular complexity index is 730. The predicted octanol–water partition coefficient (Wildman–Crippen LogP) is 3.07. The summed E-state index contributed by atoms with van der Waals surface area (Å²) in [6.07, 6.45) is 6.84. The summed E-state index contributed by atoms with van der Waals surface area (Å²) in [5.41, 5.74) is 2.34. The molecule has 2 N–H and O–H groups in total. The van der Waals surface area contributed by atoms with E-state index in [0.29, 0.717) is 17.8 Å². The second-order valence-electron chi connectivity index (χ2n) is 8.35. The number of piperazine rings is 1. The van der Waals surface area contributed by atoms with Crippen molar-refractivity contribution in [1.29, 1.82) is 0 Å². The highest BCUT2D eigenvalue weighted by Gasteiger charge is 2.38. The van der Waals surface area contributed by atoms with Gasteiger partial charge in [-0.3, -0.25) is 9.79 Å². The molecule has 6 nitrogen and oxygen atoms in total. The van der Waals surface area contributed by atoms with Crippen molar-refractivity contribution in [2.75, 3.05) is 50.4 Å². The monoisotopic (exact) mass is 543 g/mol. The molecule has 0 radical (unpaired) electrons. The van der Waals surface area contributed by atoms with Gasteiger partial charge in [0.1, 0.15) is 0 Å². The second-order valence-corrected chi connectivity index (χ2v) is 9.92. The third-order valence-corrected chi connectivity index (χ3v) is 7.85. The van der Waals surface area contributed by atoms with Crippen LogP contribution in [0.1, 0.15) is 37.7 Å². The van der Waals surface area contributed by atoms with Crippen molar-refractivity contribution in [3.8, 4) is 0 Å². The Balaban J connectivity index is 0.00000256. The van der Waals surface area contributed by atoms with Gasteiger partial charge < -0.3 is 20.4 Å². The van der Waals surface area contributed by atoms with E-state index in [9.17, 15) is 4.79 Å². The van der Waals surface area contributed by atoms with Crippen LogP contribution in [0.25, 0.3) is 0 Å². The summed E-state index contributed by atoms with van der Waals surface area (Å²) in [6.45, 7) is 4.98. The zero-order chi connectivity index (χ0) is 20.1. The average molecular weight is 544 g/mol. The molecule has 166 valence electrons. The van der Waals surface area contributed by atoms with Crippen LogP contribution in [0, 0.1) is 0 Å². The summed E-state index contributed by atoms with van der Waals surface area (Å²) in [6, 6.07) is 8.54. The van der Waals surface area contributed by atoms with Crippen LogP contribution in [-0.4, -0.2) is 67.0 Å². The van der Waals surface area contributed by atoms with Crippen LogP contribution >= 0.6 is 35.7 Å². The summed E-state index contributed by atoms with van der Waals surface area (Å²) in [7, 11) is 1.89. The molecule has 0 atom stereocenters. The fourth-order valence-electron chi connectivity index (χ4n) is 4.72. The average Bonchev–Trinajstić information content (AvgIpc) is 2.75. The Morgan fingerprint density at radius 3 is 2.67 bits per heavy atom. The number of carbonyl (C=O) groups is 1. The first-order chi connectivity index (χ1) is 14.2. The number of rotatable bonds is 3. The lowest BCUT2D eigenvalue weighted by molar-refractivity contribution is -0.120. The Hall–Kier alpha value is -1.16. The maximum Gasteiger partial charge on any atom is 0.239 e. The zero-order valence-corrected chi connectivity index (χ0v) is 21.0. The van der Waals surface area contributed by atoms with Crippen LogP contribution in [0.3, 0.4) is 0 Å². The van der Waals surface area contributed by atoms with Crippen LogP contribution in [0.15, 0.2) is 29.3 Å². The first-order valence-corrected chi connectivity index (χ1v) is 11.9. The van der Waals surface area contributed by atoms with Gasteiger partial charge in [0.05, 0.1) is 6.54 Å². The number of nitrogens with zero attached hydrogens (tertiary/aromatic N) is 3. The summed E-state index contributed by atoms with van der Waals surface area (Å²) in [4.78, 5) is 20.8. The van der Waals surface area contributed by atoms with Crippen LogP contribution in [-0.2, 0) is 11.3 Å². The van der Waals surface area contributed by atoms with Gasteiger partial charge in [0.25, 0.3) is 0 Å². The molecule has 3 fully saturated rings. The van der Waals surface area contributed by atoms with Crippen molar-refractivity contribution in [1.82, 2.24) is 15.5 Å². The van der Waals surface area contributed by atoms with E-state index in [-0.39, 0.29) is 29.9 Å². The first-order valence-electron chi connectivity index (χ1n) is 10.9. The highest BCUT2D eigenvalue weighted by atomic mass is 127. The SMILES string of the molecule is CN=C(NCc1ccc(N2CCNC(=O)C2)cc1)N1CCSC2(CCCCC2)C1.I. The van der Waals surface area contributed by atoms with E-state index < -0.39 is 0 Å². The fourth-order valence-corrected chi connectivity index (χ4v) is 6.29. The molecule has 2 saturated heterocycles. The minimum absolute atomic E-state index is 0. The van der Waals surface area contributed by atoms with E-state index in [1.165, 1.54) is 43.4 Å². The molecule has 4 rings (SSSR count). The number of hydrogen-bond donors (Lipinski definition) is 2. The minimum atomic E-state index is 0. The Morgan fingerprint density at radius 1 is 1.20 bits per heavy atom. The third-order valence-electron chi connectivity index (χ3n) is 6.32. The molecule has 1 aromatic rings. The number of halogens is 1. The molecule has 0 unspecified atom stereocenters. The summed E-state index contributed by atoms with van der Waals surface area (Å²) >= 11 is 2.19. The van der Waals surface area contributed by atoms with Crippen LogP contribution < -0.4 is 15.5 Å². The van der Waals surface area contributed by atoms with Crippen molar-refractivity contribution in [3.05, 3.63) is 29.8 Å². The lowest BCUT2D eigenvalue weighted by atomic mass is 9.87. The number of thioether (sulfide) groups is 1. The molecule has 8 heteroatoms. The van der Waals surface area contributed by atoms with E-state index in [0.717, 1.165) is 37.8 Å². The number of aliphatic imine (C=N–C) groups is 1. The molecule has 1 aromatic carbocycles. The lowest BCUT2D eigenvalue weighted by Gasteiger charge is -2.45. The van der Waals surface area contributed by atoms with Gasteiger partial charge in [-0.1, -0.05) is 31.4 Å². The highest BCUT2D eigenvalue weighted by Crippen LogP contribution is 2.42. The minimum Gasteiger partial charge on any atom is -0.360 e. The van der Waals surface area contributed by atoms with E-state index in [4.69, 9.17) is 0 Å². The maximum absolute atomic E-state index is 11.6. The number of hydrogen-bond acceptors (Lipinski definition) is 4. The largest absolute Gasteiger partial charge is 0.360 e. The summed E-state index contributed by atoms with van der Waals surface area (Å²) in [5, 5.41) is 6.45. The number of nitrogens with one attached hydrogen (secondary N) is 2. The summed E-state index contributed by atoms with van der Waals surface area (Å²) in [5.74, 6) is 2.31. The molecule has 2 aliphatic heterocycles. The molecule has 1 aliphatic carbocycles. The number of benzene rings is 1. The van der Waals surface area contributed by atoms with Crippen molar-refractivity contribution >= 4 is 53.3 Å². The normalized spacial score (nSPS) is 21.8. The number of anilines is 1. The molecule has 0 aromatic heterocycles. The van der Waals surface area contributed by atoms with Crippen molar-refractivity contribution in [2.45, 2.75) is 43.4 Å².